The lowest BCUT2D eigenvalue weighted by molar-refractivity contribution is 1.30. The number of hydrogen-bond acceptors (Lipinski definition) is 3. The molecule has 0 aliphatic carbocycles. The van der Waals surface area contributed by atoms with Crippen molar-refractivity contribution in [1.82, 2.24) is 4.98 Å². The molecule has 17 heavy (non-hydrogen) atoms. The molecule has 0 amide bonds. The third-order valence-electron chi connectivity index (χ3n) is 2.30. The van der Waals surface area contributed by atoms with Gasteiger partial charge >= 0.3 is 0 Å². The van der Waals surface area contributed by atoms with Gasteiger partial charge in [0.25, 0.3) is 0 Å². The van der Waals surface area contributed by atoms with Crippen LogP contribution in [0.15, 0.2) is 29.3 Å². The quantitative estimate of drug-likeness (QED) is 0.707. The predicted octanol–water partition coefficient (Wildman–Crippen LogP) is 4.16. The third kappa shape index (κ3) is 2.78. The third-order valence-corrected chi connectivity index (χ3v) is 3.15. The van der Waals surface area contributed by atoms with Crippen molar-refractivity contribution in [2.75, 3.05) is 6.26 Å². The molecule has 0 fully saturated rings. The predicted molar refractivity (Wildman–Crippen MR) is 74.3 cm³/mol. The van der Waals surface area contributed by atoms with Crippen LogP contribution >= 0.6 is 11.8 Å². The lowest BCUT2D eigenvalue weighted by atomic mass is 10.1. The summed E-state index contributed by atoms with van der Waals surface area (Å²) >= 11 is 1.60. The number of hydrogen-bond donors (Lipinski definition) is 0. The number of nitriles is 1. The molecule has 0 aliphatic heterocycles. The second-order valence-corrected chi connectivity index (χ2v) is 4.15. The van der Waals surface area contributed by atoms with E-state index in [1.165, 1.54) is 5.56 Å². The Kier molecular flexibility index (Phi) is 4.99. The first kappa shape index (κ1) is 13.5. The first-order valence-electron chi connectivity index (χ1n) is 5.59. The largest absolute Gasteiger partial charge is 0.255 e. The number of nitrogens with zero attached hydrogens (tertiary/aromatic N) is 2. The van der Waals surface area contributed by atoms with Crippen molar-refractivity contribution in [3.63, 3.8) is 0 Å². The minimum atomic E-state index is 0.653. The Labute approximate surface area is 107 Å². The van der Waals surface area contributed by atoms with Crippen LogP contribution in [0.3, 0.4) is 0 Å². The molecule has 3 heteroatoms. The molecule has 2 aromatic rings. The maximum atomic E-state index is 8.97. The Hall–Kier alpha value is -1.53. The molecule has 2 nitrogen and oxygen atoms in total. The highest BCUT2D eigenvalue weighted by molar-refractivity contribution is 7.98. The van der Waals surface area contributed by atoms with Gasteiger partial charge in [0.1, 0.15) is 6.07 Å². The molecule has 0 saturated carbocycles. The van der Waals surface area contributed by atoms with Crippen molar-refractivity contribution in [2.24, 2.45) is 0 Å². The van der Waals surface area contributed by atoms with Gasteiger partial charge in [-0.3, -0.25) is 4.98 Å². The van der Waals surface area contributed by atoms with Crippen molar-refractivity contribution in [2.45, 2.75) is 25.7 Å². The molecule has 0 radical (unpaired) electrons. The van der Waals surface area contributed by atoms with E-state index in [4.69, 9.17) is 5.26 Å². The standard InChI is InChI=1S/C12H10N2S.C2H6/c1-8-3-4-11-10(5-8)12(15-2)9(6-13)7-14-11;1-2/h3-5,7H,1-2H3;1-2H3. The van der Waals surface area contributed by atoms with Gasteiger partial charge in [0.15, 0.2) is 0 Å². The lowest BCUT2D eigenvalue weighted by Crippen LogP contribution is -1.88. The van der Waals surface area contributed by atoms with E-state index in [-0.39, 0.29) is 0 Å². The van der Waals surface area contributed by atoms with E-state index in [0.717, 1.165) is 15.8 Å². The van der Waals surface area contributed by atoms with Crippen molar-refractivity contribution in [3.8, 4) is 6.07 Å². The van der Waals surface area contributed by atoms with Gasteiger partial charge in [-0.2, -0.15) is 5.26 Å². The van der Waals surface area contributed by atoms with Crippen LogP contribution < -0.4 is 0 Å². The monoisotopic (exact) mass is 244 g/mol. The molecule has 0 unspecified atom stereocenters. The minimum absolute atomic E-state index is 0.653. The van der Waals surface area contributed by atoms with Crippen LogP contribution in [0.25, 0.3) is 10.9 Å². The van der Waals surface area contributed by atoms with Gasteiger partial charge in [0.05, 0.1) is 11.1 Å². The molecular weight excluding hydrogens is 228 g/mol. The molecule has 88 valence electrons. The van der Waals surface area contributed by atoms with E-state index in [2.05, 4.69) is 17.1 Å². The highest BCUT2D eigenvalue weighted by atomic mass is 32.2. The van der Waals surface area contributed by atoms with Gasteiger partial charge in [-0.05, 0) is 25.3 Å². The van der Waals surface area contributed by atoms with Gasteiger partial charge in [-0.15, -0.1) is 11.8 Å². The number of aryl methyl sites for hydroxylation is 1. The molecule has 0 saturated heterocycles. The molecule has 1 aromatic heterocycles. The summed E-state index contributed by atoms with van der Waals surface area (Å²) in [5.41, 5.74) is 2.79. The van der Waals surface area contributed by atoms with Crippen LogP contribution in [0.5, 0.6) is 0 Å². The highest BCUT2D eigenvalue weighted by Gasteiger charge is 2.07. The highest BCUT2D eigenvalue weighted by Crippen LogP contribution is 2.28. The summed E-state index contributed by atoms with van der Waals surface area (Å²) in [6.45, 7) is 6.04. The Balaban J connectivity index is 0.000000686. The zero-order chi connectivity index (χ0) is 12.8. The molecule has 0 spiro atoms. The van der Waals surface area contributed by atoms with Crippen LogP contribution in [0.2, 0.25) is 0 Å². The van der Waals surface area contributed by atoms with Crippen LogP contribution in [0.1, 0.15) is 25.0 Å². The Morgan fingerprint density at radius 1 is 1.29 bits per heavy atom. The van der Waals surface area contributed by atoms with E-state index < -0.39 is 0 Å². The summed E-state index contributed by atoms with van der Waals surface area (Å²) in [7, 11) is 0. The van der Waals surface area contributed by atoms with Crippen LogP contribution in [-0.4, -0.2) is 11.2 Å². The van der Waals surface area contributed by atoms with Crippen LogP contribution in [-0.2, 0) is 0 Å². The minimum Gasteiger partial charge on any atom is -0.255 e. The Bertz CT molecular complexity index is 556. The molecule has 0 bridgehead atoms. The van der Waals surface area contributed by atoms with E-state index in [1.807, 2.05) is 39.2 Å². The fourth-order valence-electron chi connectivity index (χ4n) is 1.58. The molecule has 1 aromatic carbocycles. The first-order valence-corrected chi connectivity index (χ1v) is 6.82. The summed E-state index contributed by atoms with van der Waals surface area (Å²) in [6, 6.07) is 8.28. The number of thioether (sulfide) groups is 1. The van der Waals surface area contributed by atoms with Crippen molar-refractivity contribution in [1.29, 1.82) is 5.26 Å². The summed E-state index contributed by atoms with van der Waals surface area (Å²) in [5.74, 6) is 0. The van der Waals surface area contributed by atoms with Crippen LogP contribution in [0.4, 0.5) is 0 Å². The maximum Gasteiger partial charge on any atom is 0.102 e. The Morgan fingerprint density at radius 2 is 2.00 bits per heavy atom. The molecule has 0 N–H and O–H groups in total. The summed E-state index contributed by atoms with van der Waals surface area (Å²) < 4.78 is 0. The molecular formula is C14H16N2S. The number of fused-ring (bicyclic) bond motifs is 1. The zero-order valence-electron chi connectivity index (χ0n) is 10.6. The summed E-state index contributed by atoms with van der Waals surface area (Å²) in [5, 5.41) is 10.0. The maximum absolute atomic E-state index is 8.97. The second-order valence-electron chi connectivity index (χ2n) is 3.34. The second kappa shape index (κ2) is 6.27. The summed E-state index contributed by atoms with van der Waals surface area (Å²) in [6.07, 6.45) is 3.63. The zero-order valence-corrected chi connectivity index (χ0v) is 11.4. The van der Waals surface area contributed by atoms with Gasteiger partial charge in [-0.1, -0.05) is 25.5 Å². The normalized spacial score (nSPS) is 9.35. The molecule has 2 rings (SSSR count). The van der Waals surface area contributed by atoms with Gasteiger partial charge in [0.2, 0.25) is 0 Å². The topological polar surface area (TPSA) is 36.7 Å². The summed E-state index contributed by atoms with van der Waals surface area (Å²) in [4.78, 5) is 5.29. The van der Waals surface area contributed by atoms with E-state index >= 15 is 0 Å². The molecule has 0 aliphatic rings. The average Bonchev–Trinajstić information content (AvgIpc) is 2.39. The number of pyridine rings is 1. The smallest absolute Gasteiger partial charge is 0.102 e. The van der Waals surface area contributed by atoms with Gasteiger partial charge < -0.3 is 0 Å². The Morgan fingerprint density at radius 3 is 2.59 bits per heavy atom. The number of benzene rings is 1. The van der Waals surface area contributed by atoms with Crippen molar-refractivity contribution < 1.29 is 0 Å². The number of rotatable bonds is 1. The van der Waals surface area contributed by atoms with E-state index in [0.29, 0.717) is 5.56 Å². The fraction of sp³-hybridized carbons (Fsp3) is 0.286. The molecule has 0 atom stereocenters. The van der Waals surface area contributed by atoms with E-state index in [9.17, 15) is 0 Å². The van der Waals surface area contributed by atoms with E-state index in [1.54, 1.807) is 18.0 Å². The van der Waals surface area contributed by atoms with Crippen LogP contribution in [0, 0.1) is 18.3 Å². The number of aromatic nitrogens is 1. The average molecular weight is 244 g/mol. The van der Waals surface area contributed by atoms with Gasteiger partial charge in [-0.25, -0.2) is 0 Å². The van der Waals surface area contributed by atoms with Gasteiger partial charge in [0, 0.05) is 16.5 Å². The lowest BCUT2D eigenvalue weighted by Gasteiger charge is -2.05. The SMILES string of the molecule is CC.CSc1c(C#N)cnc2ccc(C)cc12. The van der Waals surface area contributed by atoms with Crippen molar-refractivity contribution >= 4 is 22.7 Å². The first-order chi connectivity index (χ1) is 8.26. The fourth-order valence-corrected chi connectivity index (χ4v) is 2.28. The van der Waals surface area contributed by atoms with Crippen molar-refractivity contribution in [3.05, 3.63) is 35.5 Å². The molecule has 1 heterocycles.